The number of hydrogen-bond acceptors (Lipinski definition) is 5. The zero-order valence-electron chi connectivity index (χ0n) is 10.0. The number of carbonyl (C=O) groups excluding carboxylic acids is 1. The minimum Gasteiger partial charge on any atom is -0.391 e. The molecule has 2 aliphatic rings. The Balaban J connectivity index is 1.87. The molecule has 0 aromatic rings. The molecule has 0 spiro atoms. The molecule has 6 heteroatoms. The van der Waals surface area contributed by atoms with Gasteiger partial charge in [-0.15, -0.1) is 0 Å². The predicted molar refractivity (Wildman–Crippen MR) is 60.4 cm³/mol. The number of nitrogens with zero attached hydrogens (tertiary/aromatic N) is 1. The Morgan fingerprint density at radius 1 is 1.41 bits per heavy atom. The van der Waals surface area contributed by atoms with E-state index in [0.717, 1.165) is 6.54 Å². The Morgan fingerprint density at radius 3 is 2.76 bits per heavy atom. The monoisotopic (exact) mass is 244 g/mol. The lowest BCUT2D eigenvalue weighted by Gasteiger charge is -2.29. The Labute approximate surface area is 101 Å². The van der Waals surface area contributed by atoms with Crippen LogP contribution in [0.4, 0.5) is 0 Å². The number of aliphatic hydroxyl groups is 2. The number of nitrogens with one attached hydrogen (secondary N) is 1. The maximum absolute atomic E-state index is 12.0. The minimum atomic E-state index is -0.602. The van der Waals surface area contributed by atoms with E-state index in [1.807, 2.05) is 11.9 Å². The van der Waals surface area contributed by atoms with E-state index in [4.69, 9.17) is 4.74 Å². The fraction of sp³-hybridized carbons (Fsp3) is 0.909. The summed E-state index contributed by atoms with van der Waals surface area (Å²) in [5, 5.41) is 22.0. The van der Waals surface area contributed by atoms with E-state index in [-0.39, 0.29) is 11.9 Å². The molecule has 98 valence electrons. The van der Waals surface area contributed by atoms with Gasteiger partial charge in [-0.05, 0) is 19.9 Å². The van der Waals surface area contributed by atoms with Gasteiger partial charge in [0.15, 0.2) is 0 Å². The van der Waals surface area contributed by atoms with Gasteiger partial charge in [-0.2, -0.15) is 0 Å². The third-order valence-electron chi connectivity index (χ3n) is 3.42. The molecular weight excluding hydrogens is 224 g/mol. The summed E-state index contributed by atoms with van der Waals surface area (Å²) in [6.45, 7) is 1.48. The van der Waals surface area contributed by atoms with Crippen LogP contribution in [0.3, 0.4) is 0 Å². The smallest absolute Gasteiger partial charge is 0.240 e. The molecule has 0 saturated carbocycles. The lowest BCUT2D eigenvalue weighted by Crippen LogP contribution is -2.53. The van der Waals surface area contributed by atoms with E-state index in [1.54, 1.807) is 0 Å². The Kier molecular flexibility index (Phi) is 3.98. The zero-order chi connectivity index (χ0) is 12.4. The number of rotatable bonds is 2. The van der Waals surface area contributed by atoms with Crippen molar-refractivity contribution in [2.24, 2.45) is 0 Å². The molecule has 2 fully saturated rings. The summed E-state index contributed by atoms with van der Waals surface area (Å²) in [5.74, 6) is -0.180. The van der Waals surface area contributed by atoms with Crippen molar-refractivity contribution in [1.29, 1.82) is 0 Å². The van der Waals surface area contributed by atoms with Crippen LogP contribution >= 0.6 is 0 Å². The highest BCUT2D eigenvalue weighted by Gasteiger charge is 2.37. The molecule has 0 radical (unpaired) electrons. The number of carbonyl (C=O) groups is 1. The number of likely N-dealkylation sites (N-methyl/N-ethyl adjacent to an activating group) is 1. The van der Waals surface area contributed by atoms with E-state index in [9.17, 15) is 15.0 Å². The van der Waals surface area contributed by atoms with Gasteiger partial charge >= 0.3 is 0 Å². The van der Waals surface area contributed by atoms with Gasteiger partial charge in [-0.1, -0.05) is 0 Å². The van der Waals surface area contributed by atoms with Gasteiger partial charge in [0.2, 0.25) is 5.91 Å². The van der Waals surface area contributed by atoms with E-state index in [1.165, 1.54) is 0 Å². The van der Waals surface area contributed by atoms with Crippen molar-refractivity contribution in [2.45, 2.75) is 37.1 Å². The van der Waals surface area contributed by atoms with Crippen LogP contribution < -0.4 is 5.32 Å². The van der Waals surface area contributed by atoms with Crippen LogP contribution in [-0.2, 0) is 9.53 Å². The maximum Gasteiger partial charge on any atom is 0.240 e. The van der Waals surface area contributed by atoms with Gasteiger partial charge in [-0.3, -0.25) is 9.69 Å². The van der Waals surface area contributed by atoms with Crippen molar-refractivity contribution in [3.05, 3.63) is 0 Å². The summed E-state index contributed by atoms with van der Waals surface area (Å²) in [6, 6.07) is -0.637. The third kappa shape index (κ3) is 2.95. The molecule has 6 nitrogen and oxygen atoms in total. The Hall–Kier alpha value is -0.690. The normalized spacial score (nSPS) is 39.2. The molecule has 2 saturated heterocycles. The van der Waals surface area contributed by atoms with Crippen LogP contribution in [0.15, 0.2) is 0 Å². The number of amides is 1. The van der Waals surface area contributed by atoms with Crippen molar-refractivity contribution in [3.63, 3.8) is 0 Å². The second-order valence-corrected chi connectivity index (χ2v) is 4.91. The summed E-state index contributed by atoms with van der Waals surface area (Å²) >= 11 is 0. The Morgan fingerprint density at radius 2 is 2.18 bits per heavy atom. The van der Waals surface area contributed by atoms with Crippen molar-refractivity contribution in [3.8, 4) is 0 Å². The summed E-state index contributed by atoms with van der Waals surface area (Å²) < 4.78 is 5.17. The summed E-state index contributed by atoms with van der Waals surface area (Å²) in [6.07, 6.45) is 0.0196. The molecule has 3 N–H and O–H groups in total. The number of aliphatic hydroxyl groups excluding tert-OH is 2. The van der Waals surface area contributed by atoms with Crippen LogP contribution in [0.25, 0.3) is 0 Å². The van der Waals surface area contributed by atoms with Crippen LogP contribution in [0, 0.1) is 0 Å². The van der Waals surface area contributed by atoms with Crippen LogP contribution in [-0.4, -0.2) is 72.1 Å². The molecule has 1 amide bonds. The first kappa shape index (κ1) is 12.8. The van der Waals surface area contributed by atoms with Crippen LogP contribution in [0.5, 0.6) is 0 Å². The van der Waals surface area contributed by atoms with Crippen molar-refractivity contribution in [1.82, 2.24) is 10.2 Å². The topological polar surface area (TPSA) is 82.0 Å². The first-order valence-electron chi connectivity index (χ1n) is 6.02. The summed E-state index contributed by atoms with van der Waals surface area (Å²) in [5.41, 5.74) is 0. The van der Waals surface area contributed by atoms with Crippen molar-refractivity contribution >= 4 is 5.91 Å². The zero-order valence-corrected chi connectivity index (χ0v) is 10.0. The fourth-order valence-electron chi connectivity index (χ4n) is 2.50. The molecule has 4 atom stereocenters. The van der Waals surface area contributed by atoms with Crippen LogP contribution in [0.1, 0.15) is 12.8 Å². The average Bonchev–Trinajstić information content (AvgIpc) is 2.58. The molecule has 0 bridgehead atoms. The third-order valence-corrected chi connectivity index (χ3v) is 3.42. The predicted octanol–water partition coefficient (Wildman–Crippen LogP) is -1.68. The quantitative estimate of drug-likeness (QED) is 0.540. The van der Waals surface area contributed by atoms with Crippen LogP contribution in [0.2, 0.25) is 0 Å². The van der Waals surface area contributed by atoms with Crippen molar-refractivity contribution in [2.75, 3.05) is 26.8 Å². The molecular formula is C11H20N2O4. The molecule has 0 aliphatic carbocycles. The molecule has 17 heavy (non-hydrogen) atoms. The highest BCUT2D eigenvalue weighted by atomic mass is 16.5. The molecule has 0 aromatic carbocycles. The van der Waals surface area contributed by atoms with Gasteiger partial charge in [0.05, 0.1) is 31.5 Å². The van der Waals surface area contributed by atoms with Gasteiger partial charge in [0, 0.05) is 6.54 Å². The van der Waals surface area contributed by atoms with E-state index >= 15 is 0 Å². The average molecular weight is 244 g/mol. The highest BCUT2D eigenvalue weighted by molar-refractivity contribution is 5.83. The molecule has 2 rings (SSSR count). The highest BCUT2D eigenvalue weighted by Crippen LogP contribution is 2.16. The first-order valence-corrected chi connectivity index (χ1v) is 6.02. The molecule has 0 aromatic heterocycles. The standard InChI is InChI=1S/C11H20N2O4/c1-13-3-2-9(15)10(13)11(16)12-7-4-8(14)6-17-5-7/h7-10,14-15H,2-6H2,1H3,(H,12,16). The summed E-state index contributed by atoms with van der Waals surface area (Å²) in [7, 11) is 1.83. The second-order valence-electron chi connectivity index (χ2n) is 4.91. The number of likely N-dealkylation sites (tertiary alicyclic amines) is 1. The second kappa shape index (κ2) is 5.30. The first-order chi connectivity index (χ1) is 8.08. The number of hydrogen-bond donors (Lipinski definition) is 3. The van der Waals surface area contributed by atoms with E-state index in [2.05, 4.69) is 5.32 Å². The fourth-order valence-corrected chi connectivity index (χ4v) is 2.50. The SMILES string of the molecule is CN1CCC(O)C1C(=O)NC1COCC(O)C1. The van der Waals surface area contributed by atoms with Gasteiger partial charge in [-0.25, -0.2) is 0 Å². The molecule has 2 heterocycles. The largest absolute Gasteiger partial charge is 0.391 e. The van der Waals surface area contributed by atoms with Crippen molar-refractivity contribution < 1.29 is 19.7 Å². The lowest BCUT2D eigenvalue weighted by atomic mass is 10.1. The van der Waals surface area contributed by atoms with E-state index in [0.29, 0.717) is 26.1 Å². The summed E-state index contributed by atoms with van der Waals surface area (Å²) in [4.78, 5) is 13.8. The van der Waals surface area contributed by atoms with E-state index < -0.39 is 18.2 Å². The molecule has 4 unspecified atom stereocenters. The molecule has 2 aliphatic heterocycles. The van der Waals surface area contributed by atoms with Gasteiger partial charge < -0.3 is 20.3 Å². The van der Waals surface area contributed by atoms with Gasteiger partial charge in [0.25, 0.3) is 0 Å². The number of ether oxygens (including phenoxy) is 1. The lowest BCUT2D eigenvalue weighted by molar-refractivity contribution is -0.130. The minimum absolute atomic E-state index is 0.160. The maximum atomic E-state index is 12.0. The Bertz CT molecular complexity index is 277. The van der Waals surface area contributed by atoms with Gasteiger partial charge in [0.1, 0.15) is 6.04 Å².